The van der Waals surface area contributed by atoms with Crippen molar-refractivity contribution >= 4 is 21.4 Å². The van der Waals surface area contributed by atoms with E-state index in [2.05, 4.69) is 0 Å². The lowest BCUT2D eigenvalue weighted by molar-refractivity contribution is 0.475. The lowest BCUT2D eigenvalue weighted by atomic mass is 10.1. The lowest BCUT2D eigenvalue weighted by Crippen LogP contribution is -2.10. The van der Waals surface area contributed by atoms with Gasteiger partial charge in [0.05, 0.1) is 0 Å². The summed E-state index contributed by atoms with van der Waals surface area (Å²) in [6.07, 6.45) is 0.617. The summed E-state index contributed by atoms with van der Waals surface area (Å²) in [5, 5.41) is 15.9. The summed E-state index contributed by atoms with van der Waals surface area (Å²) in [4.78, 5) is 0. The van der Waals surface area contributed by atoms with Gasteiger partial charge in [0.25, 0.3) is 0 Å². The highest BCUT2D eigenvalue weighted by molar-refractivity contribution is 7.91. The molecule has 2 aromatic rings. The zero-order chi connectivity index (χ0) is 12.5. The molecule has 0 saturated heterocycles. The number of phenolic OH excluding ortho intramolecular Hbond substituents is 1. The van der Waals surface area contributed by atoms with Gasteiger partial charge < -0.3 is 5.11 Å². The summed E-state index contributed by atoms with van der Waals surface area (Å²) in [5.74, 6) is 0.212. The average molecular weight is 269 g/mol. The number of phenols is 1. The van der Waals surface area contributed by atoms with Gasteiger partial charge in [-0.1, -0.05) is 12.1 Å². The monoisotopic (exact) mass is 269 g/mol. The van der Waals surface area contributed by atoms with E-state index in [1.807, 2.05) is 0 Å². The van der Waals surface area contributed by atoms with Crippen LogP contribution < -0.4 is 5.14 Å². The molecule has 0 spiro atoms. The van der Waals surface area contributed by atoms with Crippen molar-refractivity contribution in [1.29, 1.82) is 0 Å². The smallest absolute Gasteiger partial charge is 0.247 e. The van der Waals surface area contributed by atoms with Gasteiger partial charge in [0.1, 0.15) is 9.96 Å². The first-order valence-corrected chi connectivity index (χ1v) is 7.26. The summed E-state index contributed by atoms with van der Waals surface area (Å²) >= 11 is 1.12. The number of thiophene rings is 1. The molecule has 90 valence electrons. The third kappa shape index (κ3) is 3.06. The zero-order valence-electron chi connectivity index (χ0n) is 8.83. The van der Waals surface area contributed by atoms with E-state index in [0.717, 1.165) is 22.5 Å². The first-order chi connectivity index (χ1) is 7.95. The van der Waals surface area contributed by atoms with Gasteiger partial charge in [-0.3, -0.25) is 0 Å². The zero-order valence-corrected chi connectivity index (χ0v) is 10.5. The van der Waals surface area contributed by atoms with Crippen molar-refractivity contribution in [3.63, 3.8) is 0 Å². The van der Waals surface area contributed by atoms with Crippen molar-refractivity contribution in [1.82, 2.24) is 0 Å². The molecule has 0 aliphatic heterocycles. The van der Waals surface area contributed by atoms with Crippen LogP contribution in [0.5, 0.6) is 5.75 Å². The third-order valence-electron chi connectivity index (χ3n) is 2.25. The van der Waals surface area contributed by atoms with Gasteiger partial charge in [-0.05, 0) is 41.1 Å². The first kappa shape index (κ1) is 12.1. The van der Waals surface area contributed by atoms with Gasteiger partial charge in [0.2, 0.25) is 10.0 Å². The predicted molar refractivity (Wildman–Crippen MR) is 66.6 cm³/mol. The maximum Gasteiger partial charge on any atom is 0.247 e. The van der Waals surface area contributed by atoms with Crippen molar-refractivity contribution in [2.45, 2.75) is 10.6 Å². The van der Waals surface area contributed by atoms with Crippen LogP contribution in [0.25, 0.3) is 0 Å². The van der Waals surface area contributed by atoms with Crippen molar-refractivity contribution in [3.05, 3.63) is 46.8 Å². The van der Waals surface area contributed by atoms with E-state index in [9.17, 15) is 8.42 Å². The maximum absolute atomic E-state index is 11.1. The Morgan fingerprint density at radius 1 is 1.18 bits per heavy atom. The highest BCUT2D eigenvalue weighted by Crippen LogP contribution is 2.21. The molecule has 4 nitrogen and oxygen atoms in total. The minimum atomic E-state index is -3.60. The van der Waals surface area contributed by atoms with Gasteiger partial charge in [0.15, 0.2) is 0 Å². The minimum absolute atomic E-state index is 0.172. The van der Waals surface area contributed by atoms with E-state index in [4.69, 9.17) is 10.2 Å². The number of nitrogens with two attached hydrogens (primary N) is 1. The van der Waals surface area contributed by atoms with E-state index < -0.39 is 10.0 Å². The Hall–Kier alpha value is -1.37. The number of aromatic hydroxyl groups is 1. The standard InChI is InChI=1S/C11H11NO3S2/c12-17(14,15)11-6-9(7-16-11)5-8-1-3-10(13)4-2-8/h1-4,6-7,13H,5H2,(H2,12,14,15). The molecule has 17 heavy (non-hydrogen) atoms. The Labute approximate surface area is 103 Å². The van der Waals surface area contributed by atoms with E-state index in [-0.39, 0.29) is 9.96 Å². The summed E-state index contributed by atoms with van der Waals surface area (Å²) in [6, 6.07) is 8.37. The quantitative estimate of drug-likeness (QED) is 0.889. The normalized spacial score (nSPS) is 11.6. The summed E-state index contributed by atoms with van der Waals surface area (Å²) in [7, 11) is -3.60. The highest BCUT2D eigenvalue weighted by Gasteiger charge is 2.11. The minimum Gasteiger partial charge on any atom is -0.508 e. The Morgan fingerprint density at radius 2 is 1.82 bits per heavy atom. The molecule has 3 N–H and O–H groups in total. The molecule has 0 atom stereocenters. The highest BCUT2D eigenvalue weighted by atomic mass is 32.2. The molecule has 0 amide bonds. The number of primary sulfonamides is 1. The van der Waals surface area contributed by atoms with Gasteiger partial charge in [-0.15, -0.1) is 11.3 Å². The molecular weight excluding hydrogens is 258 g/mol. The molecule has 0 fully saturated rings. The molecule has 0 aliphatic carbocycles. The summed E-state index contributed by atoms with van der Waals surface area (Å²) in [6.45, 7) is 0. The SMILES string of the molecule is NS(=O)(=O)c1cc(Cc2ccc(O)cc2)cs1. The molecule has 0 radical (unpaired) electrons. The van der Waals surface area contributed by atoms with Crippen molar-refractivity contribution in [3.8, 4) is 5.75 Å². The lowest BCUT2D eigenvalue weighted by Gasteiger charge is -1.98. The number of sulfonamides is 1. The van der Waals surface area contributed by atoms with E-state index in [0.29, 0.717) is 6.42 Å². The van der Waals surface area contributed by atoms with E-state index in [1.165, 1.54) is 0 Å². The predicted octanol–water partition coefficient (Wildman–Crippen LogP) is 1.69. The molecule has 2 rings (SSSR count). The molecule has 1 heterocycles. The Kier molecular flexibility index (Phi) is 3.19. The molecule has 0 unspecified atom stereocenters. The number of benzene rings is 1. The van der Waals surface area contributed by atoms with Crippen LogP contribution >= 0.6 is 11.3 Å². The van der Waals surface area contributed by atoms with Crippen LogP contribution in [0.1, 0.15) is 11.1 Å². The molecule has 1 aromatic carbocycles. The number of rotatable bonds is 3. The second kappa shape index (κ2) is 4.48. The summed E-state index contributed by atoms with van der Waals surface area (Å²) < 4.78 is 22.4. The van der Waals surface area contributed by atoms with Gasteiger partial charge >= 0.3 is 0 Å². The van der Waals surface area contributed by atoms with Crippen LogP contribution in [0.15, 0.2) is 39.9 Å². The van der Waals surface area contributed by atoms with Gasteiger partial charge in [-0.2, -0.15) is 0 Å². The van der Waals surface area contributed by atoms with Crippen LogP contribution in [0, 0.1) is 0 Å². The van der Waals surface area contributed by atoms with Crippen molar-refractivity contribution in [2.24, 2.45) is 5.14 Å². The largest absolute Gasteiger partial charge is 0.508 e. The molecule has 0 bridgehead atoms. The fourth-order valence-corrected chi connectivity index (χ4v) is 3.08. The van der Waals surface area contributed by atoms with Crippen LogP contribution in [0.2, 0.25) is 0 Å². The first-order valence-electron chi connectivity index (χ1n) is 4.83. The molecule has 0 aliphatic rings. The average Bonchev–Trinajstić information content (AvgIpc) is 2.69. The van der Waals surface area contributed by atoms with Gasteiger partial charge in [0, 0.05) is 0 Å². The van der Waals surface area contributed by atoms with Crippen molar-refractivity contribution in [2.75, 3.05) is 0 Å². The Bertz CT molecular complexity index is 614. The molecule has 6 heteroatoms. The second-order valence-electron chi connectivity index (χ2n) is 3.66. The fraction of sp³-hybridized carbons (Fsp3) is 0.0909. The topological polar surface area (TPSA) is 80.4 Å². The van der Waals surface area contributed by atoms with E-state index in [1.54, 1.807) is 35.7 Å². The maximum atomic E-state index is 11.1. The third-order valence-corrected chi connectivity index (χ3v) is 4.69. The molecular formula is C11H11NO3S2. The summed E-state index contributed by atoms with van der Waals surface area (Å²) in [5.41, 5.74) is 1.89. The molecule has 1 aromatic heterocycles. The number of hydrogen-bond donors (Lipinski definition) is 2. The molecule has 0 saturated carbocycles. The van der Waals surface area contributed by atoms with Crippen molar-refractivity contribution < 1.29 is 13.5 Å². The van der Waals surface area contributed by atoms with E-state index >= 15 is 0 Å². The van der Waals surface area contributed by atoms with Gasteiger partial charge in [-0.25, -0.2) is 13.6 Å². The van der Waals surface area contributed by atoms with Crippen LogP contribution in [0.4, 0.5) is 0 Å². The second-order valence-corrected chi connectivity index (χ2v) is 6.36. The van der Waals surface area contributed by atoms with Crippen LogP contribution in [-0.2, 0) is 16.4 Å². The van der Waals surface area contributed by atoms with Crippen LogP contribution in [0.3, 0.4) is 0 Å². The Morgan fingerprint density at radius 3 is 2.35 bits per heavy atom. The Balaban J connectivity index is 2.20. The fourth-order valence-electron chi connectivity index (χ4n) is 1.44. The number of hydrogen-bond acceptors (Lipinski definition) is 4. The van der Waals surface area contributed by atoms with Crippen LogP contribution in [-0.4, -0.2) is 13.5 Å².